The van der Waals surface area contributed by atoms with Crippen molar-refractivity contribution in [2.75, 3.05) is 12.3 Å². The lowest BCUT2D eigenvalue weighted by atomic mass is 10.1. The fourth-order valence-corrected chi connectivity index (χ4v) is 3.49. The predicted molar refractivity (Wildman–Crippen MR) is 93.9 cm³/mol. The topological polar surface area (TPSA) is 72.2 Å². The fraction of sp³-hybridized carbons (Fsp3) is 0.143. The first kappa shape index (κ1) is 16.5. The van der Waals surface area contributed by atoms with Gasteiger partial charge in [0.25, 0.3) is 0 Å². The molecular formula is C14H14ClIN2O2S. The van der Waals surface area contributed by atoms with Crippen molar-refractivity contribution in [3.63, 3.8) is 0 Å². The van der Waals surface area contributed by atoms with Crippen molar-refractivity contribution in [2.45, 2.75) is 11.3 Å². The Hall–Kier alpha value is -0.830. The molecule has 0 fully saturated rings. The molecule has 7 heteroatoms. The maximum Gasteiger partial charge on any atom is 0.240 e. The van der Waals surface area contributed by atoms with E-state index in [9.17, 15) is 8.42 Å². The van der Waals surface area contributed by atoms with Gasteiger partial charge in [-0.05, 0) is 71.0 Å². The van der Waals surface area contributed by atoms with Gasteiger partial charge in [0.05, 0.1) is 4.90 Å². The molecule has 0 unspecified atom stereocenters. The highest BCUT2D eigenvalue weighted by Gasteiger charge is 2.12. The van der Waals surface area contributed by atoms with Crippen LogP contribution in [0.4, 0.5) is 5.69 Å². The molecule has 0 saturated heterocycles. The van der Waals surface area contributed by atoms with E-state index in [0.29, 0.717) is 18.0 Å². The molecule has 2 rings (SSSR count). The summed E-state index contributed by atoms with van der Waals surface area (Å²) < 4.78 is 27.7. The summed E-state index contributed by atoms with van der Waals surface area (Å²) in [5.41, 5.74) is 7.50. The highest BCUT2D eigenvalue weighted by Crippen LogP contribution is 2.17. The van der Waals surface area contributed by atoms with E-state index in [1.165, 1.54) is 12.1 Å². The first-order chi connectivity index (χ1) is 9.88. The molecule has 0 amide bonds. The van der Waals surface area contributed by atoms with Crippen LogP contribution in [0.3, 0.4) is 0 Å². The second kappa shape index (κ2) is 6.95. The van der Waals surface area contributed by atoms with E-state index in [-0.39, 0.29) is 4.90 Å². The van der Waals surface area contributed by atoms with Gasteiger partial charge in [0, 0.05) is 20.8 Å². The molecule has 0 radical (unpaired) electrons. The summed E-state index contributed by atoms with van der Waals surface area (Å²) in [5, 5.41) is 0.505. The number of hydrogen-bond donors (Lipinski definition) is 2. The van der Waals surface area contributed by atoms with Gasteiger partial charge in [-0.1, -0.05) is 17.7 Å². The van der Waals surface area contributed by atoms with Crippen molar-refractivity contribution in [3.8, 4) is 0 Å². The molecule has 0 aromatic heterocycles. The zero-order valence-electron chi connectivity index (χ0n) is 11.0. The smallest absolute Gasteiger partial charge is 0.240 e. The quantitative estimate of drug-likeness (QED) is 0.559. The fourth-order valence-electron chi connectivity index (χ4n) is 1.75. The molecule has 2 aromatic rings. The van der Waals surface area contributed by atoms with E-state index in [1.54, 1.807) is 12.1 Å². The van der Waals surface area contributed by atoms with Crippen molar-refractivity contribution in [3.05, 3.63) is 56.6 Å². The molecule has 0 heterocycles. The zero-order valence-corrected chi connectivity index (χ0v) is 14.7. The minimum Gasteiger partial charge on any atom is -0.398 e. The number of halogens is 2. The van der Waals surface area contributed by atoms with Crippen LogP contribution in [0.25, 0.3) is 0 Å². The maximum absolute atomic E-state index is 12.1. The second-order valence-corrected chi connectivity index (χ2v) is 7.82. The lowest BCUT2D eigenvalue weighted by Gasteiger charge is -2.08. The highest BCUT2D eigenvalue weighted by atomic mass is 127. The van der Waals surface area contributed by atoms with Crippen LogP contribution in [-0.4, -0.2) is 15.0 Å². The number of nitrogens with one attached hydrogen (secondary N) is 1. The van der Waals surface area contributed by atoms with Crippen molar-refractivity contribution in [2.24, 2.45) is 0 Å². The van der Waals surface area contributed by atoms with Crippen LogP contribution in [0.5, 0.6) is 0 Å². The molecule has 112 valence electrons. The Kier molecular flexibility index (Phi) is 5.48. The van der Waals surface area contributed by atoms with E-state index in [4.69, 9.17) is 17.3 Å². The Morgan fingerprint density at radius 3 is 2.43 bits per heavy atom. The van der Waals surface area contributed by atoms with Gasteiger partial charge < -0.3 is 5.73 Å². The first-order valence-corrected chi connectivity index (χ1v) is 9.11. The SMILES string of the molecule is Nc1ccc(CCNS(=O)(=O)c2ccc(Cl)cc2)cc1I. The van der Waals surface area contributed by atoms with E-state index < -0.39 is 10.0 Å². The summed E-state index contributed by atoms with van der Waals surface area (Å²) in [4.78, 5) is 0.207. The van der Waals surface area contributed by atoms with E-state index >= 15 is 0 Å². The standard InChI is InChI=1S/C14H14ClIN2O2S/c15-11-2-4-12(5-3-11)21(19,20)18-8-7-10-1-6-14(17)13(16)9-10/h1-6,9,18H,7-8,17H2. The number of anilines is 1. The van der Waals surface area contributed by atoms with Crippen LogP contribution in [0.15, 0.2) is 47.4 Å². The second-order valence-electron chi connectivity index (χ2n) is 4.46. The molecule has 4 nitrogen and oxygen atoms in total. The molecular weight excluding hydrogens is 423 g/mol. The normalized spacial score (nSPS) is 11.5. The van der Waals surface area contributed by atoms with Gasteiger partial charge in [-0.25, -0.2) is 13.1 Å². The summed E-state index contributed by atoms with van der Waals surface area (Å²) in [6.45, 7) is 0.324. The van der Waals surface area contributed by atoms with Crippen LogP contribution in [0.1, 0.15) is 5.56 Å². The lowest BCUT2D eigenvalue weighted by molar-refractivity contribution is 0.581. The van der Waals surface area contributed by atoms with Crippen LogP contribution in [-0.2, 0) is 16.4 Å². The minimum absolute atomic E-state index is 0.207. The van der Waals surface area contributed by atoms with E-state index in [2.05, 4.69) is 27.3 Å². The average molecular weight is 437 g/mol. The Morgan fingerprint density at radius 2 is 1.81 bits per heavy atom. The number of sulfonamides is 1. The Labute approximate surface area is 142 Å². The Balaban J connectivity index is 1.98. The number of rotatable bonds is 5. The third-order valence-corrected chi connectivity index (χ3v) is 5.56. The monoisotopic (exact) mass is 436 g/mol. The summed E-state index contributed by atoms with van der Waals surface area (Å²) >= 11 is 7.90. The number of hydrogen-bond acceptors (Lipinski definition) is 3. The van der Waals surface area contributed by atoms with Gasteiger partial charge in [0.2, 0.25) is 10.0 Å². The van der Waals surface area contributed by atoms with Gasteiger partial charge >= 0.3 is 0 Å². The van der Waals surface area contributed by atoms with Crippen molar-refractivity contribution >= 4 is 49.9 Å². The van der Waals surface area contributed by atoms with Crippen molar-refractivity contribution in [1.82, 2.24) is 4.72 Å². The molecule has 0 bridgehead atoms. The molecule has 0 aliphatic heterocycles. The molecule has 2 aromatic carbocycles. The van der Waals surface area contributed by atoms with Gasteiger partial charge in [-0.3, -0.25) is 0 Å². The van der Waals surface area contributed by atoms with E-state index in [1.807, 2.05) is 18.2 Å². The summed E-state index contributed by atoms with van der Waals surface area (Å²) in [7, 11) is -3.50. The summed E-state index contributed by atoms with van der Waals surface area (Å²) in [5.74, 6) is 0. The van der Waals surface area contributed by atoms with Crippen LogP contribution in [0, 0.1) is 3.57 Å². The lowest BCUT2D eigenvalue weighted by Crippen LogP contribution is -2.26. The van der Waals surface area contributed by atoms with Gasteiger partial charge in [-0.15, -0.1) is 0 Å². The van der Waals surface area contributed by atoms with Gasteiger partial charge in [-0.2, -0.15) is 0 Å². The summed E-state index contributed by atoms with van der Waals surface area (Å²) in [6.07, 6.45) is 0.600. The molecule has 21 heavy (non-hydrogen) atoms. The van der Waals surface area contributed by atoms with E-state index in [0.717, 1.165) is 14.8 Å². The Bertz CT molecular complexity index is 733. The highest BCUT2D eigenvalue weighted by molar-refractivity contribution is 14.1. The average Bonchev–Trinajstić information content (AvgIpc) is 2.43. The maximum atomic E-state index is 12.1. The zero-order chi connectivity index (χ0) is 15.5. The van der Waals surface area contributed by atoms with Crippen molar-refractivity contribution < 1.29 is 8.42 Å². The van der Waals surface area contributed by atoms with Crippen molar-refractivity contribution in [1.29, 1.82) is 0 Å². The number of nitrogen functional groups attached to an aromatic ring is 1. The third kappa shape index (κ3) is 4.57. The molecule has 0 atom stereocenters. The molecule has 0 aliphatic rings. The number of nitrogens with two attached hydrogens (primary N) is 1. The number of benzene rings is 2. The Morgan fingerprint density at radius 1 is 1.14 bits per heavy atom. The molecule has 0 spiro atoms. The largest absolute Gasteiger partial charge is 0.398 e. The van der Waals surface area contributed by atoms with Crippen LogP contribution in [0.2, 0.25) is 5.02 Å². The van der Waals surface area contributed by atoms with Gasteiger partial charge in [0.1, 0.15) is 0 Å². The summed E-state index contributed by atoms with van der Waals surface area (Å²) in [6, 6.07) is 11.7. The predicted octanol–water partition coefficient (Wildman–Crippen LogP) is 3.05. The first-order valence-electron chi connectivity index (χ1n) is 6.17. The minimum atomic E-state index is -3.50. The molecule has 0 aliphatic carbocycles. The van der Waals surface area contributed by atoms with Crippen LogP contribution >= 0.6 is 34.2 Å². The van der Waals surface area contributed by atoms with Crippen LogP contribution < -0.4 is 10.5 Å². The third-order valence-electron chi connectivity index (χ3n) is 2.89. The van der Waals surface area contributed by atoms with Gasteiger partial charge in [0.15, 0.2) is 0 Å². The molecule has 0 saturated carbocycles. The molecule has 3 N–H and O–H groups in total.